The van der Waals surface area contributed by atoms with E-state index in [1.165, 1.54) is 17.4 Å². The average molecular weight is 411 g/mol. The normalized spacial score (nSPS) is 11.9. The van der Waals surface area contributed by atoms with Crippen LogP contribution in [0.2, 0.25) is 0 Å². The largest absolute Gasteiger partial charge is 0.485 e. The number of ether oxygens (including phenoxy) is 1. The van der Waals surface area contributed by atoms with Crippen molar-refractivity contribution < 1.29 is 13.5 Å². The van der Waals surface area contributed by atoms with E-state index in [4.69, 9.17) is 4.74 Å². The molecule has 4 aromatic heterocycles. The van der Waals surface area contributed by atoms with Crippen molar-refractivity contribution in [2.75, 3.05) is 0 Å². The number of nitrogens with zero attached hydrogens (tertiary/aromatic N) is 5. The molecule has 0 aliphatic rings. The second-order valence-electron chi connectivity index (χ2n) is 6.72. The van der Waals surface area contributed by atoms with Gasteiger partial charge in [-0.3, -0.25) is 0 Å². The van der Waals surface area contributed by atoms with Crippen LogP contribution in [0.1, 0.15) is 29.1 Å². The summed E-state index contributed by atoms with van der Waals surface area (Å²) in [6.45, 7) is 3.98. The summed E-state index contributed by atoms with van der Waals surface area (Å²) in [7, 11) is 0. The molecule has 0 N–H and O–H groups in total. The molecule has 0 saturated carbocycles. The number of rotatable bonds is 4. The van der Waals surface area contributed by atoms with Crippen LogP contribution in [0.5, 0.6) is 5.75 Å². The van der Waals surface area contributed by atoms with Gasteiger partial charge in [-0.2, -0.15) is 0 Å². The minimum Gasteiger partial charge on any atom is -0.485 e. The smallest absolute Gasteiger partial charge is 0.280 e. The molecule has 0 radical (unpaired) electrons. The van der Waals surface area contributed by atoms with E-state index in [2.05, 4.69) is 20.1 Å². The number of benzene rings is 1. The lowest BCUT2D eigenvalue weighted by molar-refractivity contribution is 0.146. The first-order chi connectivity index (χ1) is 14.0. The van der Waals surface area contributed by atoms with Crippen LogP contribution in [-0.4, -0.2) is 24.6 Å². The fourth-order valence-corrected chi connectivity index (χ4v) is 4.50. The van der Waals surface area contributed by atoms with Gasteiger partial charge in [0.2, 0.25) is 0 Å². The Hall–Kier alpha value is -3.20. The number of pyridine rings is 1. The molecule has 146 valence electrons. The minimum atomic E-state index is -2.62. The number of hydrogen-bond acceptors (Lipinski definition) is 6. The van der Waals surface area contributed by atoms with Crippen molar-refractivity contribution in [3.63, 3.8) is 0 Å². The maximum absolute atomic E-state index is 13.1. The van der Waals surface area contributed by atoms with Gasteiger partial charge in [0.05, 0.1) is 5.52 Å². The van der Waals surface area contributed by atoms with Gasteiger partial charge in [-0.15, -0.1) is 16.4 Å². The van der Waals surface area contributed by atoms with Crippen molar-refractivity contribution in [2.45, 2.75) is 26.9 Å². The Morgan fingerprint density at radius 2 is 1.97 bits per heavy atom. The molecule has 9 heteroatoms. The van der Waals surface area contributed by atoms with Crippen molar-refractivity contribution in [3.05, 3.63) is 59.3 Å². The van der Waals surface area contributed by atoms with Crippen LogP contribution >= 0.6 is 11.3 Å². The first-order valence-corrected chi connectivity index (χ1v) is 9.73. The topological polar surface area (TPSA) is 65.2 Å². The Morgan fingerprint density at radius 3 is 2.76 bits per heavy atom. The van der Waals surface area contributed by atoms with Gasteiger partial charge in [-0.25, -0.2) is 28.2 Å². The summed E-state index contributed by atoms with van der Waals surface area (Å²) in [5.74, 6) is 1.29. The van der Waals surface area contributed by atoms with Gasteiger partial charge in [0.15, 0.2) is 11.5 Å². The SMILES string of the molecule is Cc1ccccc1OCc1nc2c3sc4nc(C(F)F)cc(C)c4c3ncn2n1. The standard InChI is InChI=1S/C20H15F2N5OS/c1-10-5-3-4-6-13(10)28-8-14-25-19-17-16(23-9-27(19)26-14)15-11(2)7-12(18(21)22)24-20(15)29-17/h3-7,9,18H,8H2,1-2H3. The van der Waals surface area contributed by atoms with Crippen molar-refractivity contribution in [3.8, 4) is 5.75 Å². The third-order valence-electron chi connectivity index (χ3n) is 4.70. The first-order valence-electron chi connectivity index (χ1n) is 8.92. The van der Waals surface area contributed by atoms with Crippen molar-refractivity contribution >= 4 is 37.4 Å². The highest BCUT2D eigenvalue weighted by molar-refractivity contribution is 7.26. The molecule has 5 rings (SSSR count). The first kappa shape index (κ1) is 17.9. The zero-order chi connectivity index (χ0) is 20.1. The molecule has 0 aliphatic carbocycles. The fraction of sp³-hybridized carbons (Fsp3) is 0.200. The quantitative estimate of drug-likeness (QED) is 0.415. The van der Waals surface area contributed by atoms with Crippen LogP contribution in [0.25, 0.3) is 26.1 Å². The molecule has 5 aromatic rings. The Kier molecular flexibility index (Phi) is 4.13. The number of fused-ring (bicyclic) bond motifs is 5. The van der Waals surface area contributed by atoms with E-state index in [-0.39, 0.29) is 12.3 Å². The summed E-state index contributed by atoms with van der Waals surface area (Å²) in [6, 6.07) is 9.14. The van der Waals surface area contributed by atoms with Crippen molar-refractivity contribution in [2.24, 2.45) is 0 Å². The molecule has 0 bridgehead atoms. The van der Waals surface area contributed by atoms with Gasteiger partial charge in [-0.05, 0) is 37.1 Å². The Balaban J connectivity index is 1.59. The second kappa shape index (κ2) is 6.70. The van der Waals surface area contributed by atoms with Crippen LogP contribution in [0, 0.1) is 13.8 Å². The van der Waals surface area contributed by atoms with Gasteiger partial charge in [0, 0.05) is 5.39 Å². The van der Waals surface area contributed by atoms with E-state index in [9.17, 15) is 8.78 Å². The van der Waals surface area contributed by atoms with Gasteiger partial charge in [-0.1, -0.05) is 18.2 Å². The van der Waals surface area contributed by atoms with Gasteiger partial charge >= 0.3 is 0 Å². The zero-order valence-electron chi connectivity index (χ0n) is 15.6. The molecule has 0 saturated heterocycles. The van der Waals surface area contributed by atoms with E-state index >= 15 is 0 Å². The molecular formula is C20H15F2N5OS. The summed E-state index contributed by atoms with van der Waals surface area (Å²) >= 11 is 1.30. The van der Waals surface area contributed by atoms with Crippen LogP contribution in [0.3, 0.4) is 0 Å². The van der Waals surface area contributed by atoms with Gasteiger partial charge in [0.1, 0.15) is 33.9 Å². The van der Waals surface area contributed by atoms with Crippen LogP contribution in [0.4, 0.5) is 8.78 Å². The van der Waals surface area contributed by atoms with Gasteiger partial charge in [0.25, 0.3) is 6.43 Å². The monoisotopic (exact) mass is 411 g/mol. The number of para-hydroxylation sites is 1. The zero-order valence-corrected chi connectivity index (χ0v) is 16.4. The Morgan fingerprint density at radius 1 is 1.14 bits per heavy atom. The third kappa shape index (κ3) is 2.98. The van der Waals surface area contributed by atoms with Crippen LogP contribution in [0.15, 0.2) is 36.7 Å². The number of thiophene rings is 1. The lowest BCUT2D eigenvalue weighted by Gasteiger charge is -2.05. The molecule has 0 aliphatic heterocycles. The molecule has 0 amide bonds. The van der Waals surface area contributed by atoms with Crippen molar-refractivity contribution in [1.82, 2.24) is 24.6 Å². The molecular weight excluding hydrogens is 396 g/mol. The lowest BCUT2D eigenvalue weighted by atomic mass is 10.1. The fourth-order valence-electron chi connectivity index (χ4n) is 3.31. The Labute approximate surface area is 167 Å². The van der Waals surface area contributed by atoms with E-state index in [1.54, 1.807) is 17.8 Å². The number of aromatic nitrogens is 5. The highest BCUT2D eigenvalue weighted by Gasteiger charge is 2.19. The maximum atomic E-state index is 13.1. The summed E-state index contributed by atoms with van der Waals surface area (Å²) in [5.41, 5.74) is 2.82. The molecule has 0 fully saturated rings. The summed E-state index contributed by atoms with van der Waals surface area (Å²) in [4.78, 5) is 13.7. The molecule has 6 nitrogen and oxygen atoms in total. The second-order valence-corrected chi connectivity index (χ2v) is 7.72. The lowest BCUT2D eigenvalue weighted by Crippen LogP contribution is -1.99. The summed E-state index contributed by atoms with van der Waals surface area (Å²) < 4.78 is 34.4. The Bertz CT molecular complexity index is 1380. The highest BCUT2D eigenvalue weighted by atomic mass is 32.1. The maximum Gasteiger partial charge on any atom is 0.280 e. The molecule has 0 atom stereocenters. The number of halogens is 2. The molecule has 1 aromatic carbocycles. The van der Waals surface area contributed by atoms with Crippen LogP contribution < -0.4 is 4.74 Å². The number of alkyl halides is 2. The van der Waals surface area contributed by atoms with E-state index < -0.39 is 6.43 Å². The van der Waals surface area contributed by atoms with E-state index in [0.29, 0.717) is 21.8 Å². The van der Waals surface area contributed by atoms with Gasteiger partial charge < -0.3 is 4.74 Å². The number of aryl methyl sites for hydroxylation is 2. The van der Waals surface area contributed by atoms with E-state index in [0.717, 1.165) is 27.0 Å². The third-order valence-corrected chi connectivity index (χ3v) is 5.77. The minimum absolute atomic E-state index is 0.214. The predicted octanol–water partition coefficient (Wildman–Crippen LogP) is 5.02. The number of hydrogen-bond donors (Lipinski definition) is 0. The highest BCUT2D eigenvalue weighted by Crippen LogP contribution is 2.36. The predicted molar refractivity (Wildman–Crippen MR) is 107 cm³/mol. The molecule has 29 heavy (non-hydrogen) atoms. The molecule has 4 heterocycles. The van der Waals surface area contributed by atoms with E-state index in [1.807, 2.05) is 31.2 Å². The average Bonchev–Trinajstić information content (AvgIpc) is 3.28. The van der Waals surface area contributed by atoms with Crippen molar-refractivity contribution in [1.29, 1.82) is 0 Å². The molecule has 0 spiro atoms. The summed E-state index contributed by atoms with van der Waals surface area (Å²) in [5, 5.41) is 5.21. The van der Waals surface area contributed by atoms with Crippen LogP contribution in [-0.2, 0) is 6.61 Å². The molecule has 0 unspecified atom stereocenters. The summed E-state index contributed by atoms with van der Waals surface area (Å²) in [6.07, 6.45) is -1.04.